The fourth-order valence-electron chi connectivity index (χ4n) is 3.82. The Morgan fingerprint density at radius 1 is 1.18 bits per heavy atom. The van der Waals surface area contributed by atoms with Crippen LogP contribution in [-0.2, 0) is 17.6 Å². The molecule has 150 valence electrons. The molecule has 0 aliphatic carbocycles. The minimum absolute atomic E-state index is 0.0328. The SMILES string of the molecule is COc1ccc(S)c(CC2CCN(CCc3ccc(NC(C)=O)cc3)CC2)c1. The Labute approximate surface area is 173 Å². The highest BCUT2D eigenvalue weighted by Gasteiger charge is 2.20. The van der Waals surface area contributed by atoms with Gasteiger partial charge >= 0.3 is 0 Å². The Kier molecular flexibility index (Phi) is 7.40. The first-order valence-corrected chi connectivity index (χ1v) is 10.4. The van der Waals surface area contributed by atoms with Crippen LogP contribution in [0.15, 0.2) is 47.4 Å². The van der Waals surface area contributed by atoms with Crippen LogP contribution in [0.3, 0.4) is 0 Å². The van der Waals surface area contributed by atoms with Gasteiger partial charge in [-0.1, -0.05) is 12.1 Å². The fourth-order valence-corrected chi connectivity index (χ4v) is 4.05. The normalized spacial score (nSPS) is 15.4. The van der Waals surface area contributed by atoms with Crippen LogP contribution in [0, 0.1) is 5.92 Å². The predicted molar refractivity (Wildman–Crippen MR) is 118 cm³/mol. The molecule has 1 fully saturated rings. The predicted octanol–water partition coefficient (Wildman–Crippen LogP) is 4.44. The monoisotopic (exact) mass is 398 g/mol. The molecular formula is C23H30N2O2S. The lowest BCUT2D eigenvalue weighted by Crippen LogP contribution is -2.35. The molecule has 1 heterocycles. The van der Waals surface area contributed by atoms with Crippen LogP contribution in [0.2, 0.25) is 0 Å². The van der Waals surface area contributed by atoms with Gasteiger partial charge in [-0.15, -0.1) is 12.6 Å². The number of methoxy groups -OCH3 is 1. The lowest BCUT2D eigenvalue weighted by Gasteiger charge is -2.32. The number of anilines is 1. The van der Waals surface area contributed by atoms with E-state index in [9.17, 15) is 4.79 Å². The molecule has 3 rings (SSSR count). The Hall–Kier alpha value is -1.98. The number of thiol groups is 1. The van der Waals surface area contributed by atoms with Crippen molar-refractivity contribution < 1.29 is 9.53 Å². The summed E-state index contributed by atoms with van der Waals surface area (Å²) in [5.41, 5.74) is 3.46. The van der Waals surface area contributed by atoms with Crippen molar-refractivity contribution in [3.05, 3.63) is 53.6 Å². The standard InChI is InChI=1S/C23H30N2O2S/c1-17(26)24-21-5-3-18(4-6-21)9-12-25-13-10-19(11-14-25)15-20-16-22(27-2)7-8-23(20)28/h3-8,16,19,28H,9-15H2,1-2H3,(H,24,26). The van der Waals surface area contributed by atoms with Crippen LogP contribution in [0.1, 0.15) is 30.9 Å². The maximum absolute atomic E-state index is 11.1. The summed E-state index contributed by atoms with van der Waals surface area (Å²) in [6.07, 6.45) is 4.58. The molecule has 1 aliphatic rings. The van der Waals surface area contributed by atoms with E-state index in [0.717, 1.165) is 48.8 Å². The molecule has 0 atom stereocenters. The summed E-state index contributed by atoms with van der Waals surface area (Å²) in [7, 11) is 1.71. The number of nitrogens with one attached hydrogen (secondary N) is 1. The molecule has 2 aromatic carbocycles. The topological polar surface area (TPSA) is 41.6 Å². The van der Waals surface area contributed by atoms with Gasteiger partial charge in [0.25, 0.3) is 0 Å². The zero-order chi connectivity index (χ0) is 19.9. The number of ether oxygens (including phenoxy) is 1. The smallest absolute Gasteiger partial charge is 0.221 e. The third-order valence-electron chi connectivity index (χ3n) is 5.49. The molecule has 1 N–H and O–H groups in total. The van der Waals surface area contributed by atoms with Gasteiger partial charge in [-0.25, -0.2) is 0 Å². The molecule has 5 heteroatoms. The molecule has 0 radical (unpaired) electrons. The van der Waals surface area contributed by atoms with E-state index in [4.69, 9.17) is 4.74 Å². The average Bonchev–Trinajstić information content (AvgIpc) is 2.70. The quantitative estimate of drug-likeness (QED) is 0.678. The van der Waals surface area contributed by atoms with Gasteiger partial charge < -0.3 is 15.0 Å². The van der Waals surface area contributed by atoms with Crippen molar-refractivity contribution in [2.45, 2.75) is 37.5 Å². The van der Waals surface area contributed by atoms with Gasteiger partial charge in [-0.2, -0.15) is 0 Å². The number of nitrogens with zero attached hydrogens (tertiary/aromatic N) is 1. The van der Waals surface area contributed by atoms with Gasteiger partial charge in [0.2, 0.25) is 5.91 Å². The Morgan fingerprint density at radius 2 is 1.89 bits per heavy atom. The lowest BCUT2D eigenvalue weighted by molar-refractivity contribution is -0.114. The first-order valence-electron chi connectivity index (χ1n) is 9.98. The average molecular weight is 399 g/mol. The summed E-state index contributed by atoms with van der Waals surface area (Å²) in [4.78, 5) is 14.7. The van der Waals surface area contributed by atoms with Crippen LogP contribution >= 0.6 is 12.6 Å². The fraction of sp³-hybridized carbons (Fsp3) is 0.435. The number of piperidine rings is 1. The van der Waals surface area contributed by atoms with Crippen molar-refractivity contribution >= 4 is 24.2 Å². The molecule has 4 nitrogen and oxygen atoms in total. The van der Waals surface area contributed by atoms with Crippen LogP contribution in [0.5, 0.6) is 5.75 Å². The zero-order valence-electron chi connectivity index (χ0n) is 16.8. The number of amides is 1. The van der Waals surface area contributed by atoms with E-state index in [1.807, 2.05) is 24.3 Å². The number of likely N-dealkylation sites (tertiary alicyclic amines) is 1. The van der Waals surface area contributed by atoms with E-state index in [1.165, 1.54) is 30.9 Å². The van der Waals surface area contributed by atoms with Gasteiger partial charge in [0.1, 0.15) is 5.75 Å². The van der Waals surface area contributed by atoms with E-state index in [-0.39, 0.29) is 5.91 Å². The van der Waals surface area contributed by atoms with Gasteiger partial charge in [-0.05, 0) is 86.1 Å². The minimum atomic E-state index is -0.0328. The molecule has 0 unspecified atom stereocenters. The van der Waals surface area contributed by atoms with Gasteiger partial charge in [0, 0.05) is 24.1 Å². The van der Waals surface area contributed by atoms with Crippen molar-refractivity contribution in [2.75, 3.05) is 32.1 Å². The second kappa shape index (κ2) is 9.99. The van der Waals surface area contributed by atoms with Crippen molar-refractivity contribution in [1.29, 1.82) is 0 Å². The second-order valence-electron chi connectivity index (χ2n) is 7.61. The Balaban J connectivity index is 1.43. The van der Waals surface area contributed by atoms with Gasteiger partial charge in [0.15, 0.2) is 0 Å². The lowest BCUT2D eigenvalue weighted by atomic mass is 9.90. The van der Waals surface area contributed by atoms with Crippen molar-refractivity contribution in [3.63, 3.8) is 0 Å². The summed E-state index contributed by atoms with van der Waals surface area (Å²) < 4.78 is 5.35. The first kappa shape index (κ1) is 20.7. The molecule has 0 bridgehead atoms. The largest absolute Gasteiger partial charge is 0.497 e. The molecule has 0 saturated carbocycles. The van der Waals surface area contributed by atoms with Crippen molar-refractivity contribution in [3.8, 4) is 5.75 Å². The van der Waals surface area contributed by atoms with Gasteiger partial charge in [0.05, 0.1) is 7.11 Å². The summed E-state index contributed by atoms with van der Waals surface area (Å²) in [6.45, 7) is 4.92. The number of benzene rings is 2. The van der Waals surface area contributed by atoms with Crippen LogP contribution in [0.4, 0.5) is 5.69 Å². The second-order valence-corrected chi connectivity index (χ2v) is 8.09. The number of rotatable bonds is 7. The molecule has 1 aliphatic heterocycles. The summed E-state index contributed by atoms with van der Waals surface area (Å²) in [5, 5.41) is 2.81. The van der Waals surface area contributed by atoms with Crippen LogP contribution in [-0.4, -0.2) is 37.6 Å². The Bertz CT molecular complexity index is 784. The van der Waals surface area contributed by atoms with E-state index < -0.39 is 0 Å². The molecular weight excluding hydrogens is 368 g/mol. The van der Waals surface area contributed by atoms with E-state index in [0.29, 0.717) is 5.92 Å². The van der Waals surface area contributed by atoms with Crippen molar-refractivity contribution in [2.24, 2.45) is 5.92 Å². The maximum Gasteiger partial charge on any atom is 0.221 e. The van der Waals surface area contributed by atoms with Crippen LogP contribution in [0.25, 0.3) is 0 Å². The van der Waals surface area contributed by atoms with E-state index in [2.05, 4.69) is 41.0 Å². The van der Waals surface area contributed by atoms with Crippen molar-refractivity contribution in [1.82, 2.24) is 4.90 Å². The number of carbonyl (C=O) groups is 1. The van der Waals surface area contributed by atoms with Crippen LogP contribution < -0.4 is 10.1 Å². The Morgan fingerprint density at radius 3 is 2.54 bits per heavy atom. The van der Waals surface area contributed by atoms with Gasteiger partial charge in [-0.3, -0.25) is 4.79 Å². The molecule has 1 saturated heterocycles. The summed E-state index contributed by atoms with van der Waals surface area (Å²) in [6, 6.07) is 14.3. The highest BCUT2D eigenvalue weighted by Crippen LogP contribution is 2.27. The molecule has 28 heavy (non-hydrogen) atoms. The number of hydrogen-bond donors (Lipinski definition) is 2. The molecule has 0 spiro atoms. The summed E-state index contributed by atoms with van der Waals surface area (Å²) >= 11 is 4.61. The number of carbonyl (C=O) groups excluding carboxylic acids is 1. The number of hydrogen-bond acceptors (Lipinski definition) is 4. The third kappa shape index (κ3) is 6.01. The maximum atomic E-state index is 11.1. The highest BCUT2D eigenvalue weighted by molar-refractivity contribution is 7.80. The zero-order valence-corrected chi connectivity index (χ0v) is 17.7. The summed E-state index contributed by atoms with van der Waals surface area (Å²) in [5.74, 6) is 1.59. The first-order chi connectivity index (χ1) is 13.5. The van der Waals surface area contributed by atoms with E-state index in [1.54, 1.807) is 7.11 Å². The minimum Gasteiger partial charge on any atom is -0.497 e. The molecule has 2 aromatic rings. The molecule has 0 aromatic heterocycles. The van der Waals surface area contributed by atoms with E-state index >= 15 is 0 Å². The highest BCUT2D eigenvalue weighted by atomic mass is 32.1. The molecule has 1 amide bonds. The third-order valence-corrected chi connectivity index (χ3v) is 5.93.